The molecule has 0 heterocycles. The van der Waals surface area contributed by atoms with Crippen LogP contribution in [0, 0.1) is 0 Å². The van der Waals surface area contributed by atoms with Gasteiger partial charge in [-0.15, -0.1) is 0 Å². The molecule has 178 valence electrons. The van der Waals surface area contributed by atoms with E-state index in [0.717, 1.165) is 0 Å². The van der Waals surface area contributed by atoms with Gasteiger partial charge < -0.3 is 40.2 Å². The van der Waals surface area contributed by atoms with Crippen molar-refractivity contribution in [3.8, 4) is 0 Å². The number of aliphatic hydroxyl groups excluding tert-OH is 1. The zero-order valence-electron chi connectivity index (χ0n) is 17.8. The van der Waals surface area contributed by atoms with Gasteiger partial charge in [0, 0.05) is 7.11 Å². The number of carboxylic acids is 2. The third kappa shape index (κ3) is 18.7. The highest BCUT2D eigenvalue weighted by atomic mass is 16.6. The molecule has 0 radical (unpaired) electrons. The van der Waals surface area contributed by atoms with E-state index < -0.39 is 54.0 Å². The topological polar surface area (TPSA) is 181 Å². The molecule has 0 bridgehead atoms. The van der Waals surface area contributed by atoms with Crippen molar-refractivity contribution >= 4 is 24.1 Å². The molecule has 0 spiro atoms. The van der Waals surface area contributed by atoms with Crippen LogP contribution in [0.1, 0.15) is 49.0 Å². The monoisotopic (exact) mass is 440 g/mol. The molecule has 0 aliphatic heterocycles. The number of alkyl carbamates (subject to hydrolysis) is 2. The minimum Gasteiger partial charge on any atom is -0.480 e. The Hall–Kier alpha value is -2.60. The fourth-order valence-corrected chi connectivity index (χ4v) is 1.43. The van der Waals surface area contributed by atoms with Crippen LogP contribution in [-0.4, -0.2) is 83.1 Å². The van der Waals surface area contributed by atoms with E-state index in [2.05, 4.69) is 10.1 Å². The minimum atomic E-state index is -1.33. The number of aliphatic carboxylic acids is 2. The maximum absolute atomic E-state index is 11.2. The van der Waals surface area contributed by atoms with Crippen molar-refractivity contribution in [1.29, 1.82) is 0 Å². The number of methoxy groups -OCH3 is 1. The van der Waals surface area contributed by atoms with Crippen LogP contribution < -0.4 is 10.6 Å². The lowest BCUT2D eigenvalue weighted by molar-refractivity contribution is -0.141. The molecule has 30 heavy (non-hydrogen) atoms. The van der Waals surface area contributed by atoms with E-state index in [1.165, 1.54) is 7.11 Å². The normalized spacial score (nSPS) is 12.7. The van der Waals surface area contributed by atoms with E-state index in [-0.39, 0.29) is 14.0 Å². The van der Waals surface area contributed by atoms with Crippen molar-refractivity contribution in [2.45, 2.75) is 72.3 Å². The van der Waals surface area contributed by atoms with Gasteiger partial charge >= 0.3 is 24.1 Å². The van der Waals surface area contributed by atoms with Crippen molar-refractivity contribution in [3.05, 3.63) is 0 Å². The molecule has 0 aromatic rings. The van der Waals surface area contributed by atoms with E-state index in [9.17, 15) is 19.2 Å². The van der Waals surface area contributed by atoms with E-state index in [0.29, 0.717) is 0 Å². The lowest BCUT2D eigenvalue weighted by atomic mass is 10.2. The second-order valence-electron chi connectivity index (χ2n) is 7.71. The van der Waals surface area contributed by atoms with Gasteiger partial charge in [0.15, 0.2) is 12.1 Å². The average Bonchev–Trinajstić information content (AvgIpc) is 2.48. The fraction of sp³-hybridized carbons (Fsp3) is 0.778. The summed E-state index contributed by atoms with van der Waals surface area (Å²) in [7, 11) is 1.35. The molecule has 0 aromatic heterocycles. The molecule has 0 fully saturated rings. The number of hydrogen-bond acceptors (Lipinski definition) is 8. The average molecular weight is 440 g/mol. The van der Waals surface area contributed by atoms with E-state index in [1.807, 2.05) is 5.32 Å². The summed E-state index contributed by atoms with van der Waals surface area (Å²) in [5, 5.41) is 30.0. The Morgan fingerprint density at radius 3 is 1.37 bits per heavy atom. The van der Waals surface area contributed by atoms with Gasteiger partial charge in [0.2, 0.25) is 0 Å². The van der Waals surface area contributed by atoms with Gasteiger partial charge in [-0.2, -0.15) is 0 Å². The summed E-state index contributed by atoms with van der Waals surface area (Å²) < 4.78 is 14.3. The van der Waals surface area contributed by atoms with Crippen molar-refractivity contribution in [2.75, 3.05) is 20.3 Å². The smallest absolute Gasteiger partial charge is 0.408 e. The maximum atomic E-state index is 11.2. The van der Waals surface area contributed by atoms with Gasteiger partial charge in [-0.3, -0.25) is 0 Å². The Balaban J connectivity index is -0.000000471. The highest BCUT2D eigenvalue weighted by Crippen LogP contribution is 2.07. The van der Waals surface area contributed by atoms with Crippen LogP contribution in [0.25, 0.3) is 0 Å². The first-order valence-electron chi connectivity index (χ1n) is 8.56. The van der Waals surface area contributed by atoms with Crippen molar-refractivity contribution in [1.82, 2.24) is 10.6 Å². The molecular weight excluding hydrogens is 404 g/mol. The Morgan fingerprint density at radius 1 is 0.800 bits per heavy atom. The number of hydrogen-bond donors (Lipinski definition) is 5. The molecule has 0 aliphatic carbocycles. The summed E-state index contributed by atoms with van der Waals surface area (Å²) in [4.78, 5) is 43.3. The van der Waals surface area contributed by atoms with E-state index >= 15 is 0 Å². The largest absolute Gasteiger partial charge is 0.480 e. The van der Waals surface area contributed by atoms with Crippen LogP contribution in [0.4, 0.5) is 9.59 Å². The van der Waals surface area contributed by atoms with Gasteiger partial charge in [-0.25, -0.2) is 19.2 Å². The number of nitrogens with one attached hydrogen (secondary N) is 2. The number of amides is 2. The number of carboxylic acid groups (broad SMARTS) is 2. The van der Waals surface area contributed by atoms with Gasteiger partial charge in [-0.05, 0) is 41.5 Å². The summed E-state index contributed by atoms with van der Waals surface area (Å²) >= 11 is 0. The maximum Gasteiger partial charge on any atom is 0.408 e. The molecule has 2 amide bonds. The first-order chi connectivity index (χ1) is 13.0. The summed E-state index contributed by atoms with van der Waals surface area (Å²) in [5.41, 5.74) is -1.34. The van der Waals surface area contributed by atoms with Gasteiger partial charge in [0.1, 0.15) is 11.2 Å². The Bertz CT molecular complexity index is 552. The summed E-state index contributed by atoms with van der Waals surface area (Å²) in [6.45, 7) is 9.27. The van der Waals surface area contributed by atoms with Crippen LogP contribution in [0.5, 0.6) is 0 Å². The Labute approximate surface area is 176 Å². The summed E-state index contributed by atoms with van der Waals surface area (Å²) in [6.07, 6.45) is -1.63. The highest BCUT2D eigenvalue weighted by molar-refractivity contribution is 5.80. The zero-order valence-corrected chi connectivity index (χ0v) is 17.8. The van der Waals surface area contributed by atoms with Crippen LogP contribution in [0.2, 0.25) is 0 Å². The molecule has 0 saturated carbocycles. The molecule has 0 aliphatic rings. The number of carbonyl (C=O) groups is 4. The second-order valence-corrected chi connectivity index (χ2v) is 7.71. The quantitative estimate of drug-likeness (QED) is 0.386. The van der Waals surface area contributed by atoms with E-state index in [4.69, 9.17) is 24.8 Å². The Kier molecular flexibility index (Phi) is 15.4. The van der Waals surface area contributed by atoms with Gasteiger partial charge in [0.25, 0.3) is 0 Å². The third-order valence-corrected chi connectivity index (χ3v) is 2.49. The lowest BCUT2D eigenvalue weighted by Gasteiger charge is -2.21. The third-order valence-electron chi connectivity index (χ3n) is 2.49. The predicted octanol–water partition coefficient (Wildman–Crippen LogP) is 1.20. The van der Waals surface area contributed by atoms with Gasteiger partial charge in [-0.1, -0.05) is 7.43 Å². The lowest BCUT2D eigenvalue weighted by Crippen LogP contribution is -2.45. The SMILES string of the molecule is C.CC(C)(C)OC(=O)N[C@H](CO)C(=O)O.COC[C@@H](NC(=O)OC(C)(C)C)C(=O)O. The molecule has 5 N–H and O–H groups in total. The highest BCUT2D eigenvalue weighted by Gasteiger charge is 2.24. The first kappa shape index (κ1) is 32.1. The van der Waals surface area contributed by atoms with Crippen molar-refractivity contribution in [2.24, 2.45) is 0 Å². The summed E-state index contributed by atoms with van der Waals surface area (Å²) in [6, 6.07) is -2.42. The second kappa shape index (κ2) is 14.4. The van der Waals surface area contributed by atoms with Crippen LogP contribution in [0.3, 0.4) is 0 Å². The van der Waals surface area contributed by atoms with Crippen molar-refractivity contribution in [3.63, 3.8) is 0 Å². The molecule has 2 atom stereocenters. The number of ether oxygens (including phenoxy) is 3. The van der Waals surface area contributed by atoms with Gasteiger partial charge in [0.05, 0.1) is 13.2 Å². The molecule has 0 aromatic carbocycles. The van der Waals surface area contributed by atoms with E-state index in [1.54, 1.807) is 41.5 Å². The molecular formula is C18H36N2O10. The molecule has 0 saturated heterocycles. The molecule has 12 nitrogen and oxygen atoms in total. The van der Waals surface area contributed by atoms with Crippen molar-refractivity contribution < 1.29 is 48.7 Å². The van der Waals surface area contributed by atoms with Crippen LogP contribution in [0.15, 0.2) is 0 Å². The van der Waals surface area contributed by atoms with Crippen LogP contribution in [-0.2, 0) is 23.8 Å². The fourth-order valence-electron chi connectivity index (χ4n) is 1.43. The van der Waals surface area contributed by atoms with Crippen LogP contribution >= 0.6 is 0 Å². The molecule has 0 unspecified atom stereocenters. The zero-order chi connectivity index (χ0) is 23.4. The number of rotatable bonds is 7. The number of carbonyl (C=O) groups excluding carboxylic acids is 2. The number of aliphatic hydroxyl groups is 1. The standard InChI is InChI=1S/C9H17NO5.C8H15NO5.CH4/c1-9(2,3)15-8(13)10-6(5-14-4)7(11)12;1-8(2,3)14-7(13)9-5(4-10)6(11)12;/h6H,5H2,1-4H3,(H,10,13)(H,11,12);5,10H,4H2,1-3H3,(H,9,13)(H,11,12);1H4/t6-;5-;/m11./s1. The molecule has 12 heteroatoms. The molecule has 0 rings (SSSR count). The minimum absolute atomic E-state index is 0. The predicted molar refractivity (Wildman–Crippen MR) is 107 cm³/mol. The first-order valence-corrected chi connectivity index (χ1v) is 8.56. The summed E-state index contributed by atoms with van der Waals surface area (Å²) in [5.74, 6) is -2.47. The Morgan fingerprint density at radius 2 is 1.13 bits per heavy atom.